The fourth-order valence-corrected chi connectivity index (χ4v) is 4.17. The molecule has 0 radical (unpaired) electrons. The van der Waals surface area contributed by atoms with Gasteiger partial charge in [0.15, 0.2) is 6.61 Å². The van der Waals surface area contributed by atoms with E-state index >= 15 is 0 Å². The summed E-state index contributed by atoms with van der Waals surface area (Å²) in [5, 5.41) is 4.28. The van der Waals surface area contributed by atoms with Crippen LogP contribution < -0.4 is 10.1 Å². The van der Waals surface area contributed by atoms with Gasteiger partial charge in [-0.3, -0.25) is 4.79 Å². The Labute approximate surface area is 148 Å². The van der Waals surface area contributed by atoms with Crippen LogP contribution in [-0.4, -0.2) is 18.6 Å². The number of carbonyl (C=O) groups excluding carboxylic acids is 1. The van der Waals surface area contributed by atoms with E-state index in [1.165, 1.54) is 44.1 Å². The molecule has 2 aliphatic rings. The van der Waals surface area contributed by atoms with Crippen LogP contribution in [0.5, 0.6) is 5.75 Å². The zero-order valence-corrected chi connectivity index (χ0v) is 14.8. The molecule has 1 aromatic carbocycles. The Morgan fingerprint density at radius 2 is 1.88 bits per heavy atom. The van der Waals surface area contributed by atoms with Crippen LogP contribution in [0.3, 0.4) is 0 Å². The average Bonchev–Trinajstić information content (AvgIpc) is 2.80. The van der Waals surface area contributed by atoms with Gasteiger partial charge in [0.05, 0.1) is 0 Å². The van der Waals surface area contributed by atoms with E-state index in [4.69, 9.17) is 9.15 Å². The molecule has 0 unspecified atom stereocenters. The summed E-state index contributed by atoms with van der Waals surface area (Å²) in [5.41, 5.74) is 2.26. The number of aryl methyl sites for hydroxylation is 2. The van der Waals surface area contributed by atoms with Crippen LogP contribution in [0.15, 0.2) is 22.6 Å². The van der Waals surface area contributed by atoms with Crippen molar-refractivity contribution in [1.82, 2.24) is 5.32 Å². The molecule has 4 nitrogen and oxygen atoms in total. The second-order valence-electron chi connectivity index (χ2n) is 7.41. The highest BCUT2D eigenvalue weighted by Crippen LogP contribution is 2.33. The van der Waals surface area contributed by atoms with Crippen LogP contribution in [0.2, 0.25) is 0 Å². The summed E-state index contributed by atoms with van der Waals surface area (Å²) < 4.78 is 11.7. The predicted molar refractivity (Wildman–Crippen MR) is 98.0 cm³/mol. The van der Waals surface area contributed by atoms with Crippen molar-refractivity contribution in [2.45, 2.75) is 70.3 Å². The minimum atomic E-state index is -0.0128. The van der Waals surface area contributed by atoms with Gasteiger partial charge in [0.2, 0.25) is 0 Å². The number of fused-ring (bicyclic) bond motifs is 3. The van der Waals surface area contributed by atoms with Crippen LogP contribution >= 0.6 is 0 Å². The van der Waals surface area contributed by atoms with Crippen LogP contribution in [-0.2, 0) is 17.6 Å². The number of benzene rings is 1. The maximum atomic E-state index is 12.2. The van der Waals surface area contributed by atoms with Gasteiger partial charge in [-0.1, -0.05) is 25.7 Å². The SMILES string of the molecule is O=C(COc1ccc2oc3c(c2c1)CCCC3)NC1CCCCCC1. The van der Waals surface area contributed by atoms with Crippen molar-refractivity contribution >= 4 is 16.9 Å². The summed E-state index contributed by atoms with van der Waals surface area (Å²) in [7, 11) is 0. The summed E-state index contributed by atoms with van der Waals surface area (Å²) in [5.74, 6) is 1.86. The van der Waals surface area contributed by atoms with E-state index in [2.05, 4.69) is 5.32 Å². The number of nitrogens with one attached hydrogen (secondary N) is 1. The van der Waals surface area contributed by atoms with Gasteiger partial charge in [0, 0.05) is 23.4 Å². The Kier molecular flexibility index (Phi) is 4.95. The van der Waals surface area contributed by atoms with E-state index in [1.807, 2.05) is 18.2 Å². The van der Waals surface area contributed by atoms with Gasteiger partial charge in [0.1, 0.15) is 17.1 Å². The molecule has 1 aromatic heterocycles. The molecule has 4 heteroatoms. The Bertz CT molecular complexity index is 741. The second kappa shape index (κ2) is 7.51. The zero-order chi connectivity index (χ0) is 17.1. The van der Waals surface area contributed by atoms with Gasteiger partial charge < -0.3 is 14.5 Å². The van der Waals surface area contributed by atoms with Crippen LogP contribution in [0.1, 0.15) is 62.7 Å². The monoisotopic (exact) mass is 341 g/mol. The van der Waals surface area contributed by atoms with Gasteiger partial charge in [-0.05, 0) is 50.3 Å². The van der Waals surface area contributed by atoms with Crippen molar-refractivity contribution < 1.29 is 13.9 Å². The average molecular weight is 341 g/mol. The molecule has 1 amide bonds. The first-order valence-electron chi connectivity index (χ1n) is 9.76. The highest BCUT2D eigenvalue weighted by atomic mass is 16.5. The molecule has 2 aliphatic carbocycles. The van der Waals surface area contributed by atoms with Crippen molar-refractivity contribution in [1.29, 1.82) is 0 Å². The lowest BCUT2D eigenvalue weighted by molar-refractivity contribution is -0.123. The van der Waals surface area contributed by atoms with E-state index in [9.17, 15) is 4.79 Å². The zero-order valence-electron chi connectivity index (χ0n) is 14.8. The summed E-state index contributed by atoms with van der Waals surface area (Å²) in [6.45, 7) is 0.0854. The van der Waals surface area contributed by atoms with E-state index in [0.29, 0.717) is 6.04 Å². The highest BCUT2D eigenvalue weighted by Gasteiger charge is 2.19. The molecule has 4 rings (SSSR count). The van der Waals surface area contributed by atoms with Gasteiger partial charge >= 0.3 is 0 Å². The molecule has 25 heavy (non-hydrogen) atoms. The smallest absolute Gasteiger partial charge is 0.258 e. The Morgan fingerprint density at radius 1 is 1.08 bits per heavy atom. The molecular weight excluding hydrogens is 314 g/mol. The van der Waals surface area contributed by atoms with Crippen LogP contribution in [0.25, 0.3) is 11.0 Å². The first-order valence-corrected chi connectivity index (χ1v) is 9.76. The molecule has 0 bridgehead atoms. The fourth-order valence-electron chi connectivity index (χ4n) is 4.17. The lowest BCUT2D eigenvalue weighted by atomic mass is 9.96. The Balaban J connectivity index is 1.38. The third kappa shape index (κ3) is 3.83. The largest absolute Gasteiger partial charge is 0.484 e. The maximum absolute atomic E-state index is 12.2. The second-order valence-corrected chi connectivity index (χ2v) is 7.41. The fraction of sp³-hybridized carbons (Fsp3) is 0.571. The van der Waals surface area contributed by atoms with Crippen molar-refractivity contribution in [3.63, 3.8) is 0 Å². The first kappa shape index (κ1) is 16.5. The molecule has 0 aliphatic heterocycles. The number of hydrogen-bond acceptors (Lipinski definition) is 3. The van der Waals surface area contributed by atoms with Crippen molar-refractivity contribution in [2.24, 2.45) is 0 Å². The lowest BCUT2D eigenvalue weighted by Gasteiger charge is -2.16. The summed E-state index contributed by atoms with van der Waals surface area (Å²) in [6.07, 6.45) is 11.7. The topological polar surface area (TPSA) is 51.5 Å². The number of rotatable bonds is 4. The molecular formula is C21H27NO3. The van der Waals surface area contributed by atoms with Crippen molar-refractivity contribution in [3.8, 4) is 5.75 Å². The number of hydrogen-bond donors (Lipinski definition) is 1. The molecule has 1 saturated carbocycles. The number of furan rings is 1. The first-order chi connectivity index (χ1) is 12.3. The third-order valence-corrected chi connectivity index (χ3v) is 5.52. The van der Waals surface area contributed by atoms with Crippen molar-refractivity contribution in [3.05, 3.63) is 29.5 Å². The van der Waals surface area contributed by atoms with E-state index in [-0.39, 0.29) is 12.5 Å². The predicted octanol–water partition coefficient (Wildman–Crippen LogP) is 4.53. The van der Waals surface area contributed by atoms with E-state index < -0.39 is 0 Å². The Hall–Kier alpha value is -1.97. The summed E-state index contributed by atoms with van der Waals surface area (Å²) in [6, 6.07) is 6.21. The standard InChI is InChI=1S/C21H27NO3/c23-21(22-15-7-3-1-2-4-8-15)14-24-16-11-12-20-18(13-16)17-9-5-6-10-19(17)25-20/h11-13,15H,1-10,14H2,(H,22,23). The third-order valence-electron chi connectivity index (χ3n) is 5.52. The van der Waals surface area contributed by atoms with Crippen LogP contribution in [0.4, 0.5) is 0 Å². The highest BCUT2D eigenvalue weighted by molar-refractivity contribution is 5.84. The normalized spacial score (nSPS) is 18.6. The molecule has 0 atom stereocenters. The van der Waals surface area contributed by atoms with Crippen molar-refractivity contribution in [2.75, 3.05) is 6.61 Å². The summed E-state index contributed by atoms with van der Waals surface area (Å²) in [4.78, 5) is 12.2. The van der Waals surface area contributed by atoms with Gasteiger partial charge in [-0.2, -0.15) is 0 Å². The number of amides is 1. The summed E-state index contributed by atoms with van der Waals surface area (Å²) >= 11 is 0. The van der Waals surface area contributed by atoms with Crippen LogP contribution in [0, 0.1) is 0 Å². The lowest BCUT2D eigenvalue weighted by Crippen LogP contribution is -2.37. The minimum Gasteiger partial charge on any atom is -0.484 e. The van der Waals surface area contributed by atoms with Gasteiger partial charge in [0.25, 0.3) is 5.91 Å². The molecule has 134 valence electrons. The number of carbonyl (C=O) groups is 1. The minimum absolute atomic E-state index is 0.0128. The molecule has 0 saturated heterocycles. The molecule has 0 spiro atoms. The molecule has 1 fully saturated rings. The Morgan fingerprint density at radius 3 is 2.72 bits per heavy atom. The van der Waals surface area contributed by atoms with Gasteiger partial charge in [-0.25, -0.2) is 0 Å². The van der Waals surface area contributed by atoms with Gasteiger partial charge in [-0.15, -0.1) is 0 Å². The van der Waals surface area contributed by atoms with E-state index in [1.54, 1.807) is 0 Å². The molecule has 1 heterocycles. The molecule has 1 N–H and O–H groups in total. The quantitative estimate of drug-likeness (QED) is 0.831. The maximum Gasteiger partial charge on any atom is 0.258 e. The number of ether oxygens (including phenoxy) is 1. The van der Waals surface area contributed by atoms with E-state index in [0.717, 1.165) is 48.2 Å². The molecule has 2 aromatic rings.